The summed E-state index contributed by atoms with van der Waals surface area (Å²) in [7, 11) is -4.09. The lowest BCUT2D eigenvalue weighted by Crippen LogP contribution is -2.62. The summed E-state index contributed by atoms with van der Waals surface area (Å²) in [5, 5.41) is 36.0. The standard InChI is InChI=1S/C29H51NO7S/c1-17(6-5-7-18(2)27(34)30-12-13-38(35,36)37)21-8-9-22-26-23(16-25(33)29(21,22)4)28(3)11-10-20(31)14-19(28)15-24(26)32/h17-26,31-33H,5-16H2,1-4H3,(H,30,34)(H,35,36,37)/t17-,18-,19+,20-,21?,22?,23?,24?,25+,26?,28+,29-/m1/s1. The van der Waals surface area contributed by atoms with Gasteiger partial charge in [0, 0.05) is 12.5 Å². The average molecular weight is 558 g/mol. The maximum Gasteiger partial charge on any atom is 0.266 e. The van der Waals surface area contributed by atoms with Crippen molar-refractivity contribution in [3.8, 4) is 0 Å². The summed E-state index contributed by atoms with van der Waals surface area (Å²) in [5.74, 6) is 0.971. The van der Waals surface area contributed by atoms with E-state index in [1.807, 2.05) is 6.92 Å². The van der Waals surface area contributed by atoms with Crippen LogP contribution in [0.4, 0.5) is 0 Å². The second-order valence-electron chi connectivity index (χ2n) is 13.9. The van der Waals surface area contributed by atoms with Crippen LogP contribution in [0.1, 0.15) is 91.9 Å². The number of aliphatic hydroxyl groups is 3. The Morgan fingerprint density at radius 3 is 2.39 bits per heavy atom. The van der Waals surface area contributed by atoms with Crippen molar-refractivity contribution in [3.63, 3.8) is 0 Å². The van der Waals surface area contributed by atoms with Crippen LogP contribution in [-0.4, -0.2) is 64.8 Å². The second-order valence-corrected chi connectivity index (χ2v) is 15.5. The van der Waals surface area contributed by atoms with Crippen LogP contribution in [0.3, 0.4) is 0 Å². The van der Waals surface area contributed by atoms with E-state index in [-0.39, 0.29) is 47.3 Å². The fourth-order valence-corrected chi connectivity index (χ4v) is 10.0. The fraction of sp³-hybridized carbons (Fsp3) is 0.966. The molecule has 0 radical (unpaired) electrons. The van der Waals surface area contributed by atoms with Crippen molar-refractivity contribution in [1.29, 1.82) is 0 Å². The molecule has 12 atom stereocenters. The number of rotatable bonds is 9. The molecule has 220 valence electrons. The van der Waals surface area contributed by atoms with E-state index in [9.17, 15) is 28.5 Å². The molecule has 4 aliphatic rings. The maximum absolute atomic E-state index is 12.3. The first-order valence-corrected chi connectivity index (χ1v) is 16.6. The smallest absolute Gasteiger partial charge is 0.266 e. The van der Waals surface area contributed by atoms with Crippen molar-refractivity contribution >= 4 is 16.0 Å². The number of amides is 1. The predicted octanol–water partition coefficient (Wildman–Crippen LogP) is 3.39. The molecule has 0 heterocycles. The van der Waals surface area contributed by atoms with E-state index in [0.717, 1.165) is 57.8 Å². The van der Waals surface area contributed by atoms with Crippen LogP contribution in [0.2, 0.25) is 0 Å². The first kappa shape index (κ1) is 30.2. The van der Waals surface area contributed by atoms with E-state index in [1.54, 1.807) is 0 Å². The molecule has 0 saturated heterocycles. The lowest BCUT2D eigenvalue weighted by atomic mass is 9.43. The third-order valence-corrected chi connectivity index (χ3v) is 12.6. The maximum atomic E-state index is 12.3. The van der Waals surface area contributed by atoms with Crippen molar-refractivity contribution in [2.75, 3.05) is 12.3 Å². The molecule has 5 N–H and O–H groups in total. The summed E-state index contributed by atoms with van der Waals surface area (Å²) in [5.41, 5.74) is -0.148. The Bertz CT molecular complexity index is 959. The summed E-state index contributed by atoms with van der Waals surface area (Å²) < 4.78 is 30.5. The number of carbonyl (C=O) groups is 1. The van der Waals surface area contributed by atoms with E-state index >= 15 is 0 Å². The molecule has 0 aliphatic heterocycles. The van der Waals surface area contributed by atoms with Gasteiger partial charge in [-0.1, -0.05) is 40.5 Å². The highest BCUT2D eigenvalue weighted by Crippen LogP contribution is 2.68. The molecule has 9 heteroatoms. The quantitative estimate of drug-likeness (QED) is 0.273. The van der Waals surface area contributed by atoms with Crippen LogP contribution >= 0.6 is 0 Å². The van der Waals surface area contributed by atoms with Gasteiger partial charge in [0.25, 0.3) is 10.1 Å². The first-order valence-electron chi connectivity index (χ1n) is 15.0. The highest BCUT2D eigenvalue weighted by atomic mass is 32.2. The van der Waals surface area contributed by atoms with Gasteiger partial charge < -0.3 is 20.6 Å². The van der Waals surface area contributed by atoms with Gasteiger partial charge in [-0.05, 0) is 97.7 Å². The third-order valence-electron chi connectivity index (χ3n) is 11.9. The Hall–Kier alpha value is -0.740. The SMILES string of the molecule is C[C@H](CCC[C@@H](C)C1CCC2C3C(O)C[C@@H]4C[C@H](O)CC[C@]4(C)C3C[C@H](O)[C@@]21C)C(=O)NCCS(=O)(=O)O. The molecule has 1 amide bonds. The van der Waals surface area contributed by atoms with Crippen LogP contribution in [0.25, 0.3) is 0 Å². The third kappa shape index (κ3) is 5.69. The lowest BCUT2D eigenvalue weighted by molar-refractivity contribution is -0.207. The Balaban J connectivity index is 1.36. The summed E-state index contributed by atoms with van der Waals surface area (Å²) in [4.78, 5) is 12.3. The molecule has 0 bridgehead atoms. The molecule has 5 unspecified atom stereocenters. The number of hydrogen-bond donors (Lipinski definition) is 5. The minimum atomic E-state index is -4.09. The lowest BCUT2D eigenvalue weighted by Gasteiger charge is -2.63. The molecule has 0 aromatic rings. The molecular formula is C29H51NO7S. The summed E-state index contributed by atoms with van der Waals surface area (Å²) in [6.45, 7) is 8.65. The summed E-state index contributed by atoms with van der Waals surface area (Å²) >= 11 is 0. The molecular weight excluding hydrogens is 506 g/mol. The number of carbonyl (C=O) groups excluding carboxylic acids is 1. The number of aliphatic hydroxyl groups excluding tert-OH is 3. The highest BCUT2D eigenvalue weighted by molar-refractivity contribution is 7.85. The molecule has 0 spiro atoms. The Kier molecular flexibility index (Phi) is 8.96. The molecule has 0 aromatic carbocycles. The van der Waals surface area contributed by atoms with Crippen molar-refractivity contribution in [1.82, 2.24) is 5.32 Å². The minimum absolute atomic E-state index is 0.0766. The summed E-state index contributed by atoms with van der Waals surface area (Å²) in [6.07, 6.45) is 7.66. The average Bonchev–Trinajstić information content (AvgIpc) is 3.18. The van der Waals surface area contributed by atoms with Gasteiger partial charge in [-0.3, -0.25) is 9.35 Å². The minimum Gasteiger partial charge on any atom is -0.393 e. The van der Waals surface area contributed by atoms with Crippen LogP contribution in [0.5, 0.6) is 0 Å². The number of fused-ring (bicyclic) bond motifs is 5. The van der Waals surface area contributed by atoms with Gasteiger partial charge in [-0.2, -0.15) is 8.42 Å². The van der Waals surface area contributed by atoms with Gasteiger partial charge in [0.1, 0.15) is 0 Å². The van der Waals surface area contributed by atoms with Crippen molar-refractivity contribution < 1.29 is 33.1 Å². The fourth-order valence-electron chi connectivity index (χ4n) is 9.69. The monoisotopic (exact) mass is 557 g/mol. The molecule has 4 saturated carbocycles. The number of nitrogens with one attached hydrogen (secondary N) is 1. The van der Waals surface area contributed by atoms with E-state index < -0.39 is 22.0 Å². The van der Waals surface area contributed by atoms with E-state index in [2.05, 4.69) is 26.1 Å². The first-order chi connectivity index (χ1) is 17.7. The van der Waals surface area contributed by atoms with E-state index in [4.69, 9.17) is 4.55 Å². The molecule has 4 fully saturated rings. The van der Waals surface area contributed by atoms with Gasteiger partial charge >= 0.3 is 0 Å². The van der Waals surface area contributed by atoms with Crippen LogP contribution < -0.4 is 5.32 Å². The van der Waals surface area contributed by atoms with Gasteiger partial charge in [0.2, 0.25) is 5.91 Å². The van der Waals surface area contributed by atoms with E-state index in [0.29, 0.717) is 36.0 Å². The van der Waals surface area contributed by atoms with Gasteiger partial charge in [0.05, 0.1) is 24.1 Å². The van der Waals surface area contributed by atoms with Gasteiger partial charge in [-0.15, -0.1) is 0 Å². The Morgan fingerprint density at radius 2 is 1.71 bits per heavy atom. The molecule has 4 aliphatic carbocycles. The van der Waals surface area contributed by atoms with Crippen LogP contribution in [0.15, 0.2) is 0 Å². The Morgan fingerprint density at radius 1 is 1.00 bits per heavy atom. The number of hydrogen-bond acceptors (Lipinski definition) is 6. The normalized spacial score (nSPS) is 44.4. The van der Waals surface area contributed by atoms with Crippen molar-refractivity contribution in [2.24, 2.45) is 52.3 Å². The van der Waals surface area contributed by atoms with Crippen molar-refractivity contribution in [3.05, 3.63) is 0 Å². The largest absolute Gasteiger partial charge is 0.393 e. The van der Waals surface area contributed by atoms with Crippen LogP contribution in [-0.2, 0) is 14.9 Å². The second kappa shape index (κ2) is 11.3. The van der Waals surface area contributed by atoms with Crippen LogP contribution in [0, 0.1) is 52.3 Å². The van der Waals surface area contributed by atoms with Gasteiger partial charge in [-0.25, -0.2) is 0 Å². The molecule has 38 heavy (non-hydrogen) atoms. The van der Waals surface area contributed by atoms with Gasteiger partial charge in [0.15, 0.2) is 0 Å². The molecule has 0 aromatic heterocycles. The Labute approximate surface area is 229 Å². The topological polar surface area (TPSA) is 144 Å². The zero-order valence-corrected chi connectivity index (χ0v) is 24.5. The zero-order chi connectivity index (χ0) is 28.0. The molecule has 4 rings (SSSR count). The highest BCUT2D eigenvalue weighted by Gasteiger charge is 2.65. The molecule has 8 nitrogen and oxygen atoms in total. The van der Waals surface area contributed by atoms with Crippen molar-refractivity contribution in [2.45, 2.75) is 110 Å². The summed E-state index contributed by atoms with van der Waals surface area (Å²) in [6, 6.07) is 0. The zero-order valence-electron chi connectivity index (χ0n) is 23.7. The predicted molar refractivity (Wildman–Crippen MR) is 146 cm³/mol. The van der Waals surface area contributed by atoms with E-state index in [1.165, 1.54) is 0 Å².